The zero-order chi connectivity index (χ0) is 13.3. The number of nitrogens with zero attached hydrogens (tertiary/aromatic N) is 1. The van der Waals surface area contributed by atoms with Crippen LogP contribution in [0.4, 0.5) is 0 Å². The maximum atomic E-state index is 9.16. The van der Waals surface area contributed by atoms with Gasteiger partial charge in [0.2, 0.25) is 0 Å². The Morgan fingerprint density at radius 1 is 1.00 bits per heavy atom. The Hall–Kier alpha value is -0.510. The van der Waals surface area contributed by atoms with Crippen molar-refractivity contribution in [3.8, 4) is 11.1 Å². The molecule has 18 heavy (non-hydrogen) atoms. The molecule has 0 spiro atoms. The van der Waals surface area contributed by atoms with E-state index in [4.69, 9.17) is 51.5 Å². The number of rotatable bonds is 2. The van der Waals surface area contributed by atoms with Crippen LogP contribution in [0.1, 0.15) is 5.56 Å². The Labute approximate surface area is 124 Å². The number of aromatic nitrogens is 1. The predicted molar refractivity (Wildman–Crippen MR) is 75.6 cm³/mol. The average Bonchev–Trinajstić information content (AvgIpc) is 2.30. The van der Waals surface area contributed by atoms with Gasteiger partial charge in [-0.2, -0.15) is 0 Å². The molecule has 1 aromatic carbocycles. The quantitative estimate of drug-likeness (QED) is 0.801. The highest BCUT2D eigenvalue weighted by Crippen LogP contribution is 2.37. The van der Waals surface area contributed by atoms with Gasteiger partial charge in [0.05, 0.1) is 16.7 Å². The molecular formula is C12H7Cl4NO. The molecule has 6 heteroatoms. The summed E-state index contributed by atoms with van der Waals surface area (Å²) < 4.78 is 0. The van der Waals surface area contributed by atoms with Crippen molar-refractivity contribution in [1.29, 1.82) is 0 Å². The van der Waals surface area contributed by atoms with Crippen molar-refractivity contribution in [2.24, 2.45) is 0 Å². The molecule has 0 amide bonds. The van der Waals surface area contributed by atoms with E-state index in [1.807, 2.05) is 0 Å². The summed E-state index contributed by atoms with van der Waals surface area (Å²) in [6.45, 7) is -0.206. The molecule has 0 aliphatic carbocycles. The van der Waals surface area contributed by atoms with E-state index in [2.05, 4.69) is 4.98 Å². The Balaban J connectivity index is 2.62. The number of aliphatic hydroxyl groups is 1. The minimum Gasteiger partial charge on any atom is -0.392 e. The van der Waals surface area contributed by atoms with Gasteiger partial charge in [0.1, 0.15) is 5.15 Å². The molecule has 0 bridgehead atoms. The Kier molecular flexibility index (Phi) is 4.36. The molecule has 2 rings (SSSR count). The molecule has 1 heterocycles. The smallest absolute Gasteiger partial charge is 0.134 e. The van der Waals surface area contributed by atoms with Gasteiger partial charge < -0.3 is 5.11 Å². The van der Waals surface area contributed by atoms with Crippen molar-refractivity contribution >= 4 is 46.4 Å². The van der Waals surface area contributed by atoms with Crippen LogP contribution in [0.25, 0.3) is 11.1 Å². The molecule has 0 fully saturated rings. The second-order valence-corrected chi connectivity index (χ2v) is 5.19. The van der Waals surface area contributed by atoms with E-state index in [0.29, 0.717) is 31.8 Å². The van der Waals surface area contributed by atoms with Crippen LogP contribution in [0.2, 0.25) is 20.2 Å². The van der Waals surface area contributed by atoms with Gasteiger partial charge in [-0.15, -0.1) is 0 Å². The van der Waals surface area contributed by atoms with E-state index in [0.717, 1.165) is 0 Å². The van der Waals surface area contributed by atoms with E-state index in [1.165, 1.54) is 0 Å². The van der Waals surface area contributed by atoms with Crippen LogP contribution in [0.3, 0.4) is 0 Å². The third kappa shape index (κ3) is 2.73. The Morgan fingerprint density at radius 2 is 1.61 bits per heavy atom. The molecule has 0 aliphatic heterocycles. The van der Waals surface area contributed by atoms with E-state index in [-0.39, 0.29) is 11.8 Å². The largest absolute Gasteiger partial charge is 0.392 e. The monoisotopic (exact) mass is 321 g/mol. The third-order valence-corrected chi connectivity index (χ3v) is 3.53. The van der Waals surface area contributed by atoms with Gasteiger partial charge >= 0.3 is 0 Å². The first-order valence-electron chi connectivity index (χ1n) is 4.93. The summed E-state index contributed by atoms with van der Waals surface area (Å²) in [4.78, 5) is 3.99. The Bertz CT molecular complexity index is 578. The van der Waals surface area contributed by atoms with E-state index in [9.17, 15) is 0 Å². The molecule has 0 atom stereocenters. The fourth-order valence-corrected chi connectivity index (χ4v) is 2.76. The van der Waals surface area contributed by atoms with Gasteiger partial charge in [0.15, 0.2) is 0 Å². The van der Waals surface area contributed by atoms with E-state index >= 15 is 0 Å². The van der Waals surface area contributed by atoms with Crippen LogP contribution in [0.15, 0.2) is 24.4 Å². The topological polar surface area (TPSA) is 33.1 Å². The zero-order valence-electron chi connectivity index (χ0n) is 8.92. The van der Waals surface area contributed by atoms with Gasteiger partial charge in [0, 0.05) is 27.9 Å². The van der Waals surface area contributed by atoms with Gasteiger partial charge in [0.25, 0.3) is 0 Å². The van der Waals surface area contributed by atoms with E-state index in [1.54, 1.807) is 24.4 Å². The minimum absolute atomic E-state index is 0.206. The van der Waals surface area contributed by atoms with Crippen LogP contribution >= 0.6 is 46.4 Å². The fourth-order valence-electron chi connectivity index (χ4n) is 1.56. The maximum absolute atomic E-state index is 9.16. The van der Waals surface area contributed by atoms with Crippen molar-refractivity contribution < 1.29 is 5.11 Å². The lowest BCUT2D eigenvalue weighted by molar-refractivity contribution is 0.281. The summed E-state index contributed by atoms with van der Waals surface area (Å²) in [5, 5.41) is 10.7. The van der Waals surface area contributed by atoms with Crippen molar-refractivity contribution in [2.75, 3.05) is 0 Å². The van der Waals surface area contributed by atoms with Crippen LogP contribution < -0.4 is 0 Å². The molecule has 94 valence electrons. The molecule has 2 aromatic rings. The molecule has 1 N–H and O–H groups in total. The normalized spacial score (nSPS) is 10.7. The number of aliphatic hydroxyl groups excluding tert-OH is 1. The van der Waals surface area contributed by atoms with Gasteiger partial charge in [-0.25, -0.2) is 4.98 Å². The SMILES string of the molecule is OCc1cc(-c2c(Cl)cc(Cl)cc2Cl)cnc1Cl. The number of pyridine rings is 1. The van der Waals surface area contributed by atoms with Crippen molar-refractivity contribution in [3.05, 3.63) is 50.2 Å². The number of halogens is 4. The second-order valence-electron chi connectivity index (χ2n) is 3.58. The van der Waals surface area contributed by atoms with Gasteiger partial charge in [-0.05, 0) is 18.2 Å². The molecule has 0 saturated carbocycles. The second kappa shape index (κ2) is 5.64. The average molecular weight is 323 g/mol. The molecule has 0 unspecified atom stereocenters. The lowest BCUT2D eigenvalue weighted by Crippen LogP contribution is -1.91. The van der Waals surface area contributed by atoms with Crippen LogP contribution in [-0.2, 0) is 6.61 Å². The van der Waals surface area contributed by atoms with Crippen LogP contribution in [0, 0.1) is 0 Å². The molecule has 0 radical (unpaired) electrons. The maximum Gasteiger partial charge on any atom is 0.134 e. The molecule has 0 aliphatic rings. The van der Waals surface area contributed by atoms with Crippen molar-refractivity contribution in [2.45, 2.75) is 6.61 Å². The molecule has 2 nitrogen and oxygen atoms in total. The molecule has 1 aromatic heterocycles. The summed E-state index contributed by atoms with van der Waals surface area (Å²) in [6, 6.07) is 4.88. The Morgan fingerprint density at radius 3 is 2.17 bits per heavy atom. The summed E-state index contributed by atoms with van der Waals surface area (Å²) in [5.74, 6) is 0. The highest BCUT2D eigenvalue weighted by Gasteiger charge is 2.12. The number of hydrogen-bond acceptors (Lipinski definition) is 2. The van der Waals surface area contributed by atoms with Crippen LogP contribution in [-0.4, -0.2) is 10.1 Å². The minimum atomic E-state index is -0.206. The first-order valence-corrected chi connectivity index (χ1v) is 6.44. The summed E-state index contributed by atoms with van der Waals surface area (Å²) in [6.07, 6.45) is 1.54. The van der Waals surface area contributed by atoms with Crippen molar-refractivity contribution in [3.63, 3.8) is 0 Å². The standard InChI is InChI=1S/C12H7Cl4NO/c13-8-2-9(14)11(10(15)3-8)6-1-7(5-18)12(16)17-4-6/h1-4,18H,5H2. The predicted octanol–water partition coefficient (Wildman–Crippen LogP) is 4.85. The van der Waals surface area contributed by atoms with Gasteiger partial charge in [-0.1, -0.05) is 46.4 Å². The fraction of sp³-hybridized carbons (Fsp3) is 0.0833. The third-order valence-electron chi connectivity index (χ3n) is 2.38. The lowest BCUT2D eigenvalue weighted by atomic mass is 10.1. The first kappa shape index (κ1) is 13.9. The number of hydrogen-bond donors (Lipinski definition) is 1. The van der Waals surface area contributed by atoms with Gasteiger partial charge in [-0.3, -0.25) is 0 Å². The summed E-state index contributed by atoms with van der Waals surface area (Å²) in [5.41, 5.74) is 1.80. The van der Waals surface area contributed by atoms with E-state index < -0.39 is 0 Å². The highest BCUT2D eigenvalue weighted by atomic mass is 35.5. The summed E-state index contributed by atoms with van der Waals surface area (Å²) >= 11 is 23.9. The first-order chi connectivity index (χ1) is 8.52. The van der Waals surface area contributed by atoms with Crippen molar-refractivity contribution in [1.82, 2.24) is 4.98 Å². The zero-order valence-corrected chi connectivity index (χ0v) is 11.9. The summed E-state index contributed by atoms with van der Waals surface area (Å²) in [7, 11) is 0. The molecule has 0 saturated heterocycles. The molecular weight excluding hydrogens is 316 g/mol. The highest BCUT2D eigenvalue weighted by molar-refractivity contribution is 6.41. The van der Waals surface area contributed by atoms with Crippen LogP contribution in [0.5, 0.6) is 0 Å². The lowest BCUT2D eigenvalue weighted by Gasteiger charge is -2.09. The number of benzene rings is 1.